The van der Waals surface area contributed by atoms with Crippen molar-refractivity contribution in [3.05, 3.63) is 0 Å². The fourth-order valence-corrected chi connectivity index (χ4v) is 0.744. The van der Waals surface area contributed by atoms with Gasteiger partial charge in [0.25, 0.3) is 0 Å². The van der Waals surface area contributed by atoms with E-state index in [1.165, 1.54) is 4.90 Å². The van der Waals surface area contributed by atoms with Crippen LogP contribution in [0.4, 0.5) is 0 Å². The van der Waals surface area contributed by atoms with Crippen LogP contribution in [0.25, 0.3) is 0 Å². The molecule has 0 aromatic carbocycles. The standard InChI is InChI=1S/C8H16N2O2/c1-4-10(5-6-11)7-8(12)9(2)3/h6H,4-5,7H2,1-3H3. The van der Waals surface area contributed by atoms with Crippen molar-refractivity contribution >= 4 is 12.2 Å². The van der Waals surface area contributed by atoms with Crippen molar-refractivity contribution in [3.63, 3.8) is 0 Å². The van der Waals surface area contributed by atoms with E-state index in [4.69, 9.17) is 0 Å². The lowest BCUT2D eigenvalue weighted by molar-refractivity contribution is -0.130. The van der Waals surface area contributed by atoms with E-state index in [1.54, 1.807) is 19.0 Å². The number of hydrogen-bond acceptors (Lipinski definition) is 3. The Kier molecular flexibility index (Phi) is 5.28. The summed E-state index contributed by atoms with van der Waals surface area (Å²) in [7, 11) is 3.41. The lowest BCUT2D eigenvalue weighted by atomic mass is 10.4. The van der Waals surface area contributed by atoms with Gasteiger partial charge in [-0.3, -0.25) is 9.69 Å². The molecule has 0 saturated heterocycles. The second kappa shape index (κ2) is 5.71. The van der Waals surface area contributed by atoms with Gasteiger partial charge in [-0.15, -0.1) is 0 Å². The molecule has 0 heterocycles. The summed E-state index contributed by atoms with van der Waals surface area (Å²) in [5.74, 6) is 0.0266. The highest BCUT2D eigenvalue weighted by molar-refractivity contribution is 5.77. The molecule has 70 valence electrons. The van der Waals surface area contributed by atoms with Crippen molar-refractivity contribution < 1.29 is 9.59 Å². The Hall–Kier alpha value is -0.900. The van der Waals surface area contributed by atoms with E-state index in [1.807, 2.05) is 6.92 Å². The Morgan fingerprint density at radius 1 is 1.42 bits per heavy atom. The second-order valence-corrected chi connectivity index (χ2v) is 2.78. The number of carbonyl (C=O) groups is 2. The van der Waals surface area contributed by atoms with E-state index in [2.05, 4.69) is 0 Å². The summed E-state index contributed by atoms with van der Waals surface area (Å²) < 4.78 is 0. The maximum Gasteiger partial charge on any atom is 0.236 e. The zero-order chi connectivity index (χ0) is 9.56. The van der Waals surface area contributed by atoms with Crippen LogP contribution in [-0.2, 0) is 9.59 Å². The normalized spacial score (nSPS) is 10.0. The van der Waals surface area contributed by atoms with Crippen LogP contribution in [0.1, 0.15) is 6.92 Å². The second-order valence-electron chi connectivity index (χ2n) is 2.78. The topological polar surface area (TPSA) is 40.6 Å². The summed E-state index contributed by atoms with van der Waals surface area (Å²) in [5, 5.41) is 0. The molecular weight excluding hydrogens is 156 g/mol. The van der Waals surface area contributed by atoms with E-state index in [0.29, 0.717) is 13.1 Å². The molecule has 0 aliphatic heterocycles. The molecule has 4 nitrogen and oxygen atoms in total. The molecule has 1 amide bonds. The van der Waals surface area contributed by atoms with Crippen molar-refractivity contribution in [1.29, 1.82) is 0 Å². The van der Waals surface area contributed by atoms with Crippen molar-refractivity contribution in [2.24, 2.45) is 0 Å². The maximum absolute atomic E-state index is 11.2. The van der Waals surface area contributed by atoms with Gasteiger partial charge in [0.15, 0.2) is 0 Å². The van der Waals surface area contributed by atoms with Gasteiger partial charge in [-0.25, -0.2) is 0 Å². The molecule has 0 aliphatic rings. The molecule has 4 heteroatoms. The third-order valence-electron chi connectivity index (χ3n) is 1.64. The smallest absolute Gasteiger partial charge is 0.236 e. The first kappa shape index (κ1) is 11.1. The Balaban J connectivity index is 3.84. The monoisotopic (exact) mass is 172 g/mol. The Morgan fingerprint density at radius 2 is 2.00 bits per heavy atom. The molecule has 0 rings (SSSR count). The van der Waals surface area contributed by atoms with Gasteiger partial charge in [-0.1, -0.05) is 6.92 Å². The molecule has 0 atom stereocenters. The summed E-state index contributed by atoms with van der Waals surface area (Å²) in [4.78, 5) is 24.6. The summed E-state index contributed by atoms with van der Waals surface area (Å²) in [6.45, 7) is 3.29. The van der Waals surface area contributed by atoms with Crippen LogP contribution in [-0.4, -0.2) is 55.7 Å². The zero-order valence-corrected chi connectivity index (χ0v) is 7.91. The molecule has 0 fully saturated rings. The van der Waals surface area contributed by atoms with Crippen LogP contribution >= 0.6 is 0 Å². The van der Waals surface area contributed by atoms with E-state index in [-0.39, 0.29) is 5.91 Å². The molecule has 0 unspecified atom stereocenters. The van der Waals surface area contributed by atoms with Gasteiger partial charge in [0, 0.05) is 14.1 Å². The number of aldehydes is 1. The van der Waals surface area contributed by atoms with Gasteiger partial charge in [-0.05, 0) is 6.54 Å². The highest BCUT2D eigenvalue weighted by atomic mass is 16.2. The number of likely N-dealkylation sites (N-methyl/N-ethyl adjacent to an activating group) is 2. The van der Waals surface area contributed by atoms with Gasteiger partial charge in [0.05, 0.1) is 13.1 Å². The number of nitrogens with zero attached hydrogens (tertiary/aromatic N) is 2. The van der Waals surface area contributed by atoms with Crippen LogP contribution in [0.15, 0.2) is 0 Å². The van der Waals surface area contributed by atoms with Crippen LogP contribution in [0, 0.1) is 0 Å². The van der Waals surface area contributed by atoms with Crippen LogP contribution in [0.2, 0.25) is 0 Å². The summed E-state index contributed by atoms with van der Waals surface area (Å²) in [6, 6.07) is 0. The predicted octanol–water partition coefficient (Wildman–Crippen LogP) is -0.405. The van der Waals surface area contributed by atoms with Gasteiger partial charge in [0.2, 0.25) is 5.91 Å². The molecule has 0 aromatic heterocycles. The minimum Gasteiger partial charge on any atom is -0.348 e. The highest BCUT2D eigenvalue weighted by Crippen LogP contribution is 1.88. The van der Waals surface area contributed by atoms with Crippen molar-refractivity contribution in [2.75, 3.05) is 33.7 Å². The maximum atomic E-state index is 11.2. The molecule has 0 bridgehead atoms. The van der Waals surface area contributed by atoms with Crippen molar-refractivity contribution in [1.82, 2.24) is 9.80 Å². The molecule has 0 radical (unpaired) electrons. The first-order chi connectivity index (χ1) is 5.61. The first-order valence-corrected chi connectivity index (χ1v) is 3.98. The fourth-order valence-electron chi connectivity index (χ4n) is 0.744. The fraction of sp³-hybridized carbons (Fsp3) is 0.750. The van der Waals surface area contributed by atoms with E-state index < -0.39 is 0 Å². The summed E-state index contributed by atoms with van der Waals surface area (Å²) in [5.41, 5.74) is 0. The Morgan fingerprint density at radius 3 is 2.33 bits per heavy atom. The molecule has 0 saturated carbocycles. The highest BCUT2D eigenvalue weighted by Gasteiger charge is 2.09. The minimum atomic E-state index is 0.0266. The summed E-state index contributed by atoms with van der Waals surface area (Å²) in [6.07, 6.45) is 0.812. The van der Waals surface area contributed by atoms with Gasteiger partial charge < -0.3 is 9.69 Å². The van der Waals surface area contributed by atoms with Crippen LogP contribution in [0.3, 0.4) is 0 Å². The van der Waals surface area contributed by atoms with E-state index >= 15 is 0 Å². The minimum absolute atomic E-state index is 0.0266. The number of hydrogen-bond donors (Lipinski definition) is 0. The van der Waals surface area contributed by atoms with Crippen LogP contribution in [0.5, 0.6) is 0 Å². The van der Waals surface area contributed by atoms with Crippen molar-refractivity contribution in [2.45, 2.75) is 6.92 Å². The molecular formula is C8H16N2O2. The molecule has 0 aliphatic carbocycles. The number of rotatable bonds is 5. The largest absolute Gasteiger partial charge is 0.348 e. The van der Waals surface area contributed by atoms with Gasteiger partial charge in [-0.2, -0.15) is 0 Å². The van der Waals surface area contributed by atoms with Crippen LogP contribution < -0.4 is 0 Å². The van der Waals surface area contributed by atoms with Gasteiger partial charge >= 0.3 is 0 Å². The molecule has 0 aromatic rings. The molecule has 12 heavy (non-hydrogen) atoms. The van der Waals surface area contributed by atoms with E-state index in [0.717, 1.165) is 12.8 Å². The summed E-state index contributed by atoms with van der Waals surface area (Å²) >= 11 is 0. The Bertz CT molecular complexity index is 157. The predicted molar refractivity (Wildman–Crippen MR) is 46.9 cm³/mol. The van der Waals surface area contributed by atoms with E-state index in [9.17, 15) is 9.59 Å². The quantitative estimate of drug-likeness (QED) is 0.530. The SMILES string of the molecule is CCN(CC=O)CC(=O)N(C)C. The zero-order valence-electron chi connectivity index (χ0n) is 7.91. The number of amides is 1. The Labute approximate surface area is 73.1 Å². The van der Waals surface area contributed by atoms with Crippen molar-refractivity contribution in [3.8, 4) is 0 Å². The average molecular weight is 172 g/mol. The third kappa shape index (κ3) is 4.08. The molecule has 0 spiro atoms. The lowest BCUT2D eigenvalue weighted by Crippen LogP contribution is -2.37. The third-order valence-corrected chi connectivity index (χ3v) is 1.64. The average Bonchev–Trinajstić information content (AvgIpc) is 2.03. The van der Waals surface area contributed by atoms with Gasteiger partial charge in [0.1, 0.15) is 6.29 Å². The number of carbonyl (C=O) groups excluding carboxylic acids is 2. The first-order valence-electron chi connectivity index (χ1n) is 3.98. The lowest BCUT2D eigenvalue weighted by Gasteiger charge is -2.19. The molecule has 0 N–H and O–H groups in total.